The van der Waals surface area contributed by atoms with Gasteiger partial charge >= 0.3 is 0 Å². The molecule has 0 heterocycles. The van der Waals surface area contributed by atoms with Gasteiger partial charge in [-0.15, -0.1) is 0 Å². The average molecular weight is 410 g/mol. The topological polar surface area (TPSA) is 80.5 Å². The van der Waals surface area contributed by atoms with Gasteiger partial charge in [0.25, 0.3) is 15.7 Å². The Morgan fingerprint density at radius 3 is 2.03 bits per heavy atom. The molecule has 3 aromatic rings. The van der Waals surface area contributed by atoms with Crippen LogP contribution in [-0.2, 0) is 16.6 Å². The van der Waals surface area contributed by atoms with Crippen molar-refractivity contribution in [3.8, 4) is 0 Å². The number of nitro groups is 1. The molecule has 0 N–H and O–H groups in total. The molecule has 0 fully saturated rings. The van der Waals surface area contributed by atoms with Crippen LogP contribution in [0.25, 0.3) is 0 Å². The number of benzene rings is 3. The summed E-state index contributed by atoms with van der Waals surface area (Å²) in [6.07, 6.45) is 0.525. The molecule has 0 aliphatic carbocycles. The standard InChI is InChI=1S/C22H22N2O4S/c1-2-20(19-13-7-4-8-14-19)23(17-18-11-5-3-6-12-18)29(27,28)22-16-10-9-15-21(22)24(25)26/h3-16,20H,2,17H2,1H3. The Morgan fingerprint density at radius 1 is 0.897 bits per heavy atom. The number of nitro benzene ring substituents is 1. The van der Waals surface area contributed by atoms with E-state index in [0.29, 0.717) is 6.42 Å². The molecule has 0 amide bonds. The summed E-state index contributed by atoms with van der Waals surface area (Å²) in [7, 11) is -4.14. The van der Waals surface area contributed by atoms with Gasteiger partial charge in [-0.1, -0.05) is 79.7 Å². The van der Waals surface area contributed by atoms with E-state index in [2.05, 4.69) is 0 Å². The van der Waals surface area contributed by atoms with E-state index < -0.39 is 26.7 Å². The van der Waals surface area contributed by atoms with Crippen molar-refractivity contribution in [3.05, 3.63) is 106 Å². The van der Waals surface area contributed by atoms with Crippen LogP contribution >= 0.6 is 0 Å². The van der Waals surface area contributed by atoms with Gasteiger partial charge in [0.15, 0.2) is 4.90 Å². The summed E-state index contributed by atoms with van der Waals surface area (Å²) in [5.74, 6) is 0. The molecule has 0 bridgehead atoms. The van der Waals surface area contributed by atoms with Crippen molar-refractivity contribution in [2.24, 2.45) is 0 Å². The summed E-state index contributed by atoms with van der Waals surface area (Å²) in [5.41, 5.74) is 1.23. The van der Waals surface area contributed by atoms with Crippen LogP contribution in [0.1, 0.15) is 30.5 Å². The highest BCUT2D eigenvalue weighted by molar-refractivity contribution is 7.89. The molecule has 6 nitrogen and oxygen atoms in total. The van der Waals surface area contributed by atoms with Crippen LogP contribution < -0.4 is 0 Å². The van der Waals surface area contributed by atoms with Gasteiger partial charge in [-0.25, -0.2) is 8.42 Å². The molecule has 3 rings (SSSR count). The molecule has 0 radical (unpaired) electrons. The second-order valence-electron chi connectivity index (χ2n) is 6.60. The molecule has 0 aliphatic heterocycles. The van der Waals surface area contributed by atoms with Crippen LogP contribution in [0.2, 0.25) is 0 Å². The van der Waals surface area contributed by atoms with Crippen molar-refractivity contribution in [2.75, 3.05) is 0 Å². The van der Waals surface area contributed by atoms with Gasteiger partial charge in [0, 0.05) is 12.6 Å². The fourth-order valence-corrected chi connectivity index (χ4v) is 5.19. The summed E-state index contributed by atoms with van der Waals surface area (Å²) in [5, 5.41) is 11.5. The van der Waals surface area contributed by atoms with Crippen LogP contribution in [0, 0.1) is 10.1 Å². The number of hydrogen-bond acceptors (Lipinski definition) is 4. The first-order chi connectivity index (χ1) is 13.9. The Labute approximate surface area is 170 Å². The molecule has 7 heteroatoms. The van der Waals surface area contributed by atoms with Gasteiger partial charge in [-0.2, -0.15) is 4.31 Å². The van der Waals surface area contributed by atoms with Gasteiger partial charge in [0.05, 0.1) is 11.0 Å². The van der Waals surface area contributed by atoms with E-state index in [1.807, 2.05) is 67.6 Å². The minimum atomic E-state index is -4.14. The van der Waals surface area contributed by atoms with Crippen molar-refractivity contribution < 1.29 is 13.3 Å². The predicted octanol–water partition coefficient (Wildman–Crippen LogP) is 4.94. The van der Waals surface area contributed by atoms with Crippen molar-refractivity contribution in [1.29, 1.82) is 0 Å². The summed E-state index contributed by atoms with van der Waals surface area (Å²) < 4.78 is 28.7. The summed E-state index contributed by atoms with van der Waals surface area (Å²) in [4.78, 5) is 10.5. The Bertz CT molecular complexity index is 1070. The first-order valence-corrected chi connectivity index (χ1v) is 10.7. The maximum absolute atomic E-state index is 13.7. The van der Waals surface area contributed by atoms with Gasteiger partial charge in [-0.3, -0.25) is 10.1 Å². The molecule has 150 valence electrons. The monoisotopic (exact) mass is 410 g/mol. The molecular weight excluding hydrogens is 388 g/mol. The maximum Gasteiger partial charge on any atom is 0.289 e. The minimum absolute atomic E-state index is 0.114. The summed E-state index contributed by atoms with van der Waals surface area (Å²) >= 11 is 0. The van der Waals surface area contributed by atoms with Crippen molar-refractivity contribution in [2.45, 2.75) is 30.8 Å². The van der Waals surface area contributed by atoms with E-state index in [1.165, 1.54) is 28.6 Å². The van der Waals surface area contributed by atoms with Crippen molar-refractivity contribution in [3.63, 3.8) is 0 Å². The lowest BCUT2D eigenvalue weighted by molar-refractivity contribution is -0.387. The van der Waals surface area contributed by atoms with E-state index in [1.54, 1.807) is 0 Å². The number of sulfonamides is 1. The first kappa shape index (κ1) is 20.7. The predicted molar refractivity (Wildman–Crippen MR) is 112 cm³/mol. The van der Waals surface area contributed by atoms with Crippen LogP contribution in [0.15, 0.2) is 89.8 Å². The van der Waals surface area contributed by atoms with Gasteiger partial charge in [0.2, 0.25) is 0 Å². The highest BCUT2D eigenvalue weighted by Gasteiger charge is 2.36. The number of rotatable bonds is 8. The first-order valence-electron chi connectivity index (χ1n) is 9.29. The van der Waals surface area contributed by atoms with E-state index in [-0.39, 0.29) is 11.4 Å². The molecule has 1 atom stereocenters. The number of nitrogens with zero attached hydrogens (tertiary/aromatic N) is 2. The lowest BCUT2D eigenvalue weighted by Gasteiger charge is -2.30. The molecule has 0 spiro atoms. The molecule has 1 unspecified atom stereocenters. The highest BCUT2D eigenvalue weighted by Crippen LogP contribution is 2.35. The van der Waals surface area contributed by atoms with Crippen molar-refractivity contribution in [1.82, 2.24) is 4.31 Å². The van der Waals surface area contributed by atoms with Crippen LogP contribution in [0.5, 0.6) is 0 Å². The molecular formula is C22H22N2O4S. The lowest BCUT2D eigenvalue weighted by atomic mass is 10.0. The average Bonchev–Trinajstić information content (AvgIpc) is 2.75. The third-order valence-electron chi connectivity index (χ3n) is 4.75. The summed E-state index contributed by atoms with van der Waals surface area (Å²) in [6.45, 7) is 2.02. The lowest BCUT2D eigenvalue weighted by Crippen LogP contribution is -2.34. The van der Waals surface area contributed by atoms with E-state index in [4.69, 9.17) is 0 Å². The second-order valence-corrected chi connectivity index (χ2v) is 8.45. The van der Waals surface area contributed by atoms with Gasteiger partial charge in [-0.05, 0) is 23.6 Å². The molecule has 0 saturated heterocycles. The molecule has 0 aliphatic rings. The zero-order chi connectivity index (χ0) is 20.9. The second kappa shape index (κ2) is 8.98. The zero-order valence-corrected chi connectivity index (χ0v) is 16.8. The molecule has 0 aromatic heterocycles. The SMILES string of the molecule is CCC(c1ccccc1)N(Cc1ccccc1)S(=O)(=O)c1ccccc1[N+](=O)[O-]. The number of hydrogen-bond donors (Lipinski definition) is 0. The van der Waals surface area contributed by atoms with Crippen LogP contribution in [0.3, 0.4) is 0 Å². The Morgan fingerprint density at radius 2 is 1.45 bits per heavy atom. The largest absolute Gasteiger partial charge is 0.289 e. The van der Waals surface area contributed by atoms with Crippen molar-refractivity contribution >= 4 is 15.7 Å². The van der Waals surface area contributed by atoms with Gasteiger partial charge < -0.3 is 0 Å². The highest BCUT2D eigenvalue weighted by atomic mass is 32.2. The number of para-hydroxylation sites is 1. The Balaban J connectivity index is 2.15. The third kappa shape index (κ3) is 4.52. The van der Waals surface area contributed by atoms with E-state index in [9.17, 15) is 18.5 Å². The smallest absolute Gasteiger partial charge is 0.258 e. The normalized spacial score (nSPS) is 12.6. The molecule has 0 saturated carbocycles. The fourth-order valence-electron chi connectivity index (χ4n) is 3.36. The van der Waals surface area contributed by atoms with Crippen LogP contribution in [0.4, 0.5) is 5.69 Å². The maximum atomic E-state index is 13.7. The molecule has 3 aromatic carbocycles. The van der Waals surface area contributed by atoms with Gasteiger partial charge in [0.1, 0.15) is 0 Å². The Kier molecular flexibility index (Phi) is 6.41. The fraction of sp³-hybridized carbons (Fsp3) is 0.182. The van der Waals surface area contributed by atoms with E-state index in [0.717, 1.165) is 11.1 Å². The quantitative estimate of drug-likeness (QED) is 0.389. The van der Waals surface area contributed by atoms with E-state index >= 15 is 0 Å². The third-order valence-corrected chi connectivity index (χ3v) is 6.65. The van der Waals surface area contributed by atoms with Crippen LogP contribution in [-0.4, -0.2) is 17.6 Å². The molecule has 29 heavy (non-hydrogen) atoms. The zero-order valence-electron chi connectivity index (χ0n) is 16.0. The summed E-state index contributed by atoms with van der Waals surface area (Å²) in [6, 6.07) is 23.6. The Hall–Kier alpha value is -3.03. The minimum Gasteiger partial charge on any atom is -0.258 e.